The number of rotatable bonds is 0. The molecular weight excluding hydrogens is 172 g/mol. The summed E-state index contributed by atoms with van der Waals surface area (Å²) < 4.78 is 1.55. The van der Waals surface area contributed by atoms with Crippen LogP contribution in [0.25, 0.3) is 11.0 Å². The first kappa shape index (κ1) is 7.78. The highest BCUT2D eigenvalue weighted by molar-refractivity contribution is 5.75. The molecule has 0 unspecified atom stereocenters. The van der Waals surface area contributed by atoms with Crippen LogP contribution < -0.4 is 11.2 Å². The number of fused-ring (bicyclic) bond motifs is 1. The first-order valence-corrected chi connectivity index (χ1v) is 3.75. The Balaban J connectivity index is 3.12. The predicted octanol–water partition coefficient (Wildman–Crippen LogP) is -0.742. The summed E-state index contributed by atoms with van der Waals surface area (Å²) in [6.07, 6.45) is 0. The third kappa shape index (κ3) is 0.986. The van der Waals surface area contributed by atoms with Crippen LogP contribution in [0.5, 0.6) is 0 Å². The normalized spacial score (nSPS) is 10.9. The molecule has 0 bridgehead atoms. The Hall–Kier alpha value is -1.85. The van der Waals surface area contributed by atoms with E-state index in [2.05, 4.69) is 15.1 Å². The van der Waals surface area contributed by atoms with Crippen molar-refractivity contribution >= 4 is 11.0 Å². The van der Waals surface area contributed by atoms with Gasteiger partial charge < -0.3 is 0 Å². The van der Waals surface area contributed by atoms with Gasteiger partial charge in [0.15, 0.2) is 5.65 Å². The van der Waals surface area contributed by atoms with E-state index >= 15 is 0 Å². The van der Waals surface area contributed by atoms with Crippen molar-refractivity contribution in [3.8, 4) is 0 Å². The summed E-state index contributed by atoms with van der Waals surface area (Å²) >= 11 is 0. The Kier molecular flexibility index (Phi) is 1.39. The Bertz CT molecular complexity index is 574. The van der Waals surface area contributed by atoms with Crippen LogP contribution in [0.4, 0.5) is 0 Å². The van der Waals surface area contributed by atoms with Crippen molar-refractivity contribution in [1.29, 1.82) is 0 Å². The highest BCUT2D eigenvalue weighted by atomic mass is 16.2. The van der Waals surface area contributed by atoms with Gasteiger partial charge in [-0.1, -0.05) is 0 Å². The third-order valence-electron chi connectivity index (χ3n) is 2.02. The zero-order valence-corrected chi connectivity index (χ0v) is 7.21. The number of aromatic nitrogens is 4. The van der Waals surface area contributed by atoms with Gasteiger partial charge in [-0.25, -0.2) is 4.79 Å². The Morgan fingerprint density at radius 1 is 1.31 bits per heavy atom. The fraction of sp³-hybridized carbons (Fsp3) is 0.286. The van der Waals surface area contributed by atoms with E-state index in [1.54, 1.807) is 18.7 Å². The molecule has 0 amide bonds. The minimum Gasteiger partial charge on any atom is -0.290 e. The molecule has 0 aliphatic rings. The monoisotopic (exact) mass is 180 g/mol. The van der Waals surface area contributed by atoms with Crippen molar-refractivity contribution in [3.63, 3.8) is 0 Å². The standard InChI is InChI=1S/C7H8N4O2/c1-3-4-5(10-11(3)2)8-7(13)9-6(4)12/h1-2H3,(H2,8,9,10,12,13). The van der Waals surface area contributed by atoms with Crippen LogP contribution >= 0.6 is 0 Å². The molecule has 0 atom stereocenters. The van der Waals surface area contributed by atoms with Crippen LogP contribution in [0.1, 0.15) is 5.69 Å². The van der Waals surface area contributed by atoms with E-state index in [1.165, 1.54) is 0 Å². The van der Waals surface area contributed by atoms with Gasteiger partial charge in [0.05, 0.1) is 5.69 Å². The lowest BCUT2D eigenvalue weighted by Gasteiger charge is -1.89. The van der Waals surface area contributed by atoms with Crippen molar-refractivity contribution in [2.75, 3.05) is 0 Å². The SMILES string of the molecule is Cc1c2c(=O)[nH]c(=O)[nH]c2nn1C. The molecule has 2 aromatic heterocycles. The van der Waals surface area contributed by atoms with Crippen molar-refractivity contribution in [3.05, 3.63) is 26.5 Å². The molecule has 0 aliphatic carbocycles. The number of aromatic amines is 2. The van der Waals surface area contributed by atoms with E-state index < -0.39 is 11.2 Å². The molecule has 2 N–H and O–H groups in total. The topological polar surface area (TPSA) is 83.5 Å². The predicted molar refractivity (Wildman–Crippen MR) is 46.7 cm³/mol. The molecule has 2 heterocycles. The Morgan fingerprint density at radius 3 is 2.69 bits per heavy atom. The minimum absolute atomic E-state index is 0.328. The van der Waals surface area contributed by atoms with Crippen LogP contribution in [0.3, 0.4) is 0 Å². The zero-order chi connectivity index (χ0) is 9.59. The van der Waals surface area contributed by atoms with Crippen LogP contribution in [-0.4, -0.2) is 19.7 Å². The average molecular weight is 180 g/mol. The lowest BCUT2D eigenvalue weighted by Crippen LogP contribution is -2.21. The molecule has 6 nitrogen and oxygen atoms in total. The average Bonchev–Trinajstić information content (AvgIpc) is 2.27. The van der Waals surface area contributed by atoms with Crippen LogP contribution in [-0.2, 0) is 7.05 Å². The number of hydrogen-bond acceptors (Lipinski definition) is 3. The van der Waals surface area contributed by atoms with Crippen molar-refractivity contribution in [1.82, 2.24) is 19.7 Å². The molecule has 68 valence electrons. The van der Waals surface area contributed by atoms with E-state index in [9.17, 15) is 9.59 Å². The second-order valence-corrected chi connectivity index (χ2v) is 2.84. The first-order valence-electron chi connectivity index (χ1n) is 3.75. The molecular formula is C7H8N4O2. The van der Waals surface area contributed by atoms with E-state index in [4.69, 9.17) is 0 Å². The summed E-state index contributed by atoms with van der Waals surface area (Å²) in [5.74, 6) is 0. The molecule has 2 aromatic rings. The van der Waals surface area contributed by atoms with Crippen molar-refractivity contribution in [2.24, 2.45) is 7.05 Å². The molecule has 0 spiro atoms. The summed E-state index contributed by atoms with van der Waals surface area (Å²) in [6.45, 7) is 1.77. The quantitative estimate of drug-likeness (QED) is 0.560. The number of hydrogen-bond donors (Lipinski definition) is 2. The zero-order valence-electron chi connectivity index (χ0n) is 7.21. The van der Waals surface area contributed by atoms with Gasteiger partial charge in [-0.2, -0.15) is 5.10 Å². The molecule has 0 saturated heterocycles. The number of nitrogens with one attached hydrogen (secondary N) is 2. The molecule has 13 heavy (non-hydrogen) atoms. The lowest BCUT2D eigenvalue weighted by molar-refractivity contribution is 0.747. The van der Waals surface area contributed by atoms with E-state index in [0.29, 0.717) is 11.0 Å². The molecule has 0 saturated carbocycles. The molecule has 2 rings (SSSR count). The van der Waals surface area contributed by atoms with Gasteiger partial charge in [-0.3, -0.25) is 19.4 Å². The molecule has 0 aromatic carbocycles. The summed E-state index contributed by atoms with van der Waals surface area (Å²) in [7, 11) is 1.72. The maximum Gasteiger partial charge on any atom is 0.327 e. The van der Waals surface area contributed by atoms with Crippen molar-refractivity contribution < 1.29 is 0 Å². The van der Waals surface area contributed by atoms with Gasteiger partial charge in [0, 0.05) is 7.05 Å². The summed E-state index contributed by atoms with van der Waals surface area (Å²) in [4.78, 5) is 26.8. The van der Waals surface area contributed by atoms with Crippen LogP contribution in [0.2, 0.25) is 0 Å². The number of H-pyrrole nitrogens is 2. The summed E-state index contributed by atoms with van der Waals surface area (Å²) in [5, 5.41) is 4.41. The molecule has 0 fully saturated rings. The largest absolute Gasteiger partial charge is 0.327 e. The van der Waals surface area contributed by atoms with Gasteiger partial charge in [0.1, 0.15) is 5.39 Å². The fourth-order valence-electron chi connectivity index (χ4n) is 1.27. The van der Waals surface area contributed by atoms with Gasteiger partial charge in [-0.05, 0) is 6.92 Å². The van der Waals surface area contributed by atoms with Gasteiger partial charge in [0.25, 0.3) is 5.56 Å². The highest BCUT2D eigenvalue weighted by Crippen LogP contribution is 2.06. The second kappa shape index (κ2) is 2.32. The third-order valence-corrected chi connectivity index (χ3v) is 2.02. The van der Waals surface area contributed by atoms with Gasteiger partial charge >= 0.3 is 5.69 Å². The highest BCUT2D eigenvalue weighted by Gasteiger charge is 2.08. The Labute approximate surface area is 72.2 Å². The smallest absolute Gasteiger partial charge is 0.290 e. The maximum absolute atomic E-state index is 11.3. The van der Waals surface area contributed by atoms with Crippen LogP contribution in [0.15, 0.2) is 9.59 Å². The number of aryl methyl sites for hydroxylation is 2. The van der Waals surface area contributed by atoms with Gasteiger partial charge in [0.2, 0.25) is 0 Å². The molecule has 0 aliphatic heterocycles. The minimum atomic E-state index is -0.532. The first-order chi connectivity index (χ1) is 6.09. The summed E-state index contributed by atoms with van der Waals surface area (Å²) in [5.41, 5.74) is 0.126. The maximum atomic E-state index is 11.3. The second-order valence-electron chi connectivity index (χ2n) is 2.84. The summed E-state index contributed by atoms with van der Waals surface area (Å²) in [6, 6.07) is 0. The molecule has 6 heteroatoms. The van der Waals surface area contributed by atoms with E-state index in [1.807, 2.05) is 0 Å². The van der Waals surface area contributed by atoms with E-state index in [0.717, 1.165) is 5.69 Å². The van der Waals surface area contributed by atoms with Crippen LogP contribution in [0, 0.1) is 6.92 Å². The Morgan fingerprint density at radius 2 is 2.00 bits per heavy atom. The van der Waals surface area contributed by atoms with Crippen molar-refractivity contribution in [2.45, 2.75) is 6.92 Å². The van der Waals surface area contributed by atoms with E-state index in [-0.39, 0.29) is 0 Å². The fourth-order valence-corrected chi connectivity index (χ4v) is 1.27. The van der Waals surface area contributed by atoms with Gasteiger partial charge in [-0.15, -0.1) is 0 Å². The lowest BCUT2D eigenvalue weighted by atomic mass is 10.3. The molecule has 0 radical (unpaired) electrons. The number of nitrogens with zero attached hydrogens (tertiary/aromatic N) is 2.